The number of anilines is 1. The molecule has 1 amide bonds. The summed E-state index contributed by atoms with van der Waals surface area (Å²) in [7, 11) is 0. The minimum Gasteiger partial charge on any atom is -0.366 e. The summed E-state index contributed by atoms with van der Waals surface area (Å²) in [6.07, 6.45) is 3.01. The molecule has 4 rings (SSSR count). The fourth-order valence-electron chi connectivity index (χ4n) is 4.46. The molecule has 2 heterocycles. The molecule has 0 bridgehead atoms. The summed E-state index contributed by atoms with van der Waals surface area (Å²) in [5.74, 6) is -0.0194. The monoisotopic (exact) mass is 423 g/mol. The first kappa shape index (κ1) is 20.7. The lowest BCUT2D eigenvalue weighted by molar-refractivity contribution is -0.115. The molecule has 2 aliphatic rings. The maximum absolute atomic E-state index is 13.1. The third kappa shape index (κ3) is 4.01. The molecule has 0 aliphatic carbocycles. The summed E-state index contributed by atoms with van der Waals surface area (Å²) >= 11 is 1.30. The van der Waals surface area contributed by atoms with Crippen molar-refractivity contribution in [2.45, 2.75) is 45.6 Å². The van der Waals surface area contributed by atoms with Crippen molar-refractivity contribution >= 4 is 40.3 Å². The molecule has 156 valence electrons. The summed E-state index contributed by atoms with van der Waals surface area (Å²) in [6.45, 7) is 10.0. The predicted molar refractivity (Wildman–Crippen MR) is 124 cm³/mol. The maximum Gasteiger partial charge on any atom is 0.264 e. The summed E-state index contributed by atoms with van der Waals surface area (Å²) in [5, 5.41) is 3.29. The number of fused-ring (bicyclic) bond motifs is 1. The summed E-state index contributed by atoms with van der Waals surface area (Å²) in [4.78, 5) is 19.9. The summed E-state index contributed by atoms with van der Waals surface area (Å²) in [5.41, 5.74) is 4.36. The first-order chi connectivity index (χ1) is 14.3. The van der Waals surface area contributed by atoms with Crippen LogP contribution < -0.4 is 10.2 Å². The maximum atomic E-state index is 13.1. The van der Waals surface area contributed by atoms with Gasteiger partial charge in [0.1, 0.15) is 5.82 Å². The first-order valence-corrected chi connectivity index (χ1v) is 11.1. The average molecular weight is 424 g/mol. The van der Waals surface area contributed by atoms with Crippen LogP contribution in [0.3, 0.4) is 0 Å². The Labute approximate surface area is 181 Å². The fourth-order valence-corrected chi connectivity index (χ4v) is 5.30. The second-order valence-electron chi connectivity index (χ2n) is 8.44. The third-order valence-electron chi connectivity index (χ3n) is 5.73. The van der Waals surface area contributed by atoms with Gasteiger partial charge in [-0.2, -0.15) is 0 Å². The van der Waals surface area contributed by atoms with Gasteiger partial charge in [0.05, 0.1) is 10.6 Å². The lowest BCUT2D eigenvalue weighted by atomic mass is 9.79. The Morgan fingerprint density at radius 1 is 1.27 bits per heavy atom. The van der Waals surface area contributed by atoms with Gasteiger partial charge in [0.2, 0.25) is 0 Å². The zero-order valence-corrected chi connectivity index (χ0v) is 18.5. The van der Waals surface area contributed by atoms with E-state index in [9.17, 15) is 9.18 Å². The van der Waals surface area contributed by atoms with Crippen molar-refractivity contribution in [2.24, 2.45) is 4.99 Å². The predicted octanol–water partition coefficient (Wildman–Crippen LogP) is 5.83. The number of thioether (sulfide) groups is 1. The van der Waals surface area contributed by atoms with Crippen LogP contribution in [-0.2, 0) is 4.79 Å². The van der Waals surface area contributed by atoms with Crippen molar-refractivity contribution in [3.8, 4) is 0 Å². The summed E-state index contributed by atoms with van der Waals surface area (Å²) in [6, 6.07) is 12.3. The van der Waals surface area contributed by atoms with Gasteiger partial charge in [0.15, 0.2) is 5.17 Å². The Morgan fingerprint density at radius 2 is 2.00 bits per heavy atom. The number of hydrogen-bond donors (Lipinski definition) is 1. The van der Waals surface area contributed by atoms with Crippen LogP contribution in [0.2, 0.25) is 0 Å². The second-order valence-corrected chi connectivity index (χ2v) is 9.47. The van der Waals surface area contributed by atoms with Gasteiger partial charge < -0.3 is 10.2 Å². The number of amidine groups is 1. The van der Waals surface area contributed by atoms with E-state index in [0.717, 1.165) is 18.5 Å². The molecule has 2 aliphatic heterocycles. The molecule has 1 saturated heterocycles. The normalized spacial score (nSPS) is 23.0. The second kappa shape index (κ2) is 7.91. The van der Waals surface area contributed by atoms with Gasteiger partial charge in [-0.25, -0.2) is 9.38 Å². The Bertz CT molecular complexity index is 1040. The molecule has 6 heteroatoms. The Morgan fingerprint density at radius 3 is 2.70 bits per heavy atom. The molecule has 4 nitrogen and oxygen atoms in total. The van der Waals surface area contributed by atoms with Crippen molar-refractivity contribution < 1.29 is 9.18 Å². The quantitative estimate of drug-likeness (QED) is 0.632. The number of rotatable bonds is 3. The molecule has 0 radical (unpaired) electrons. The SMILES string of the molecule is CCN1c2ccc(/C=C3\SC(=Nc4ccc(F)cc4)NC3=O)cc2[C@H](C)CC1(C)C. The molecule has 0 spiro atoms. The van der Waals surface area contributed by atoms with E-state index in [1.807, 2.05) is 6.08 Å². The smallest absolute Gasteiger partial charge is 0.264 e. The Kier molecular flexibility index (Phi) is 5.45. The molecule has 0 saturated carbocycles. The van der Waals surface area contributed by atoms with E-state index >= 15 is 0 Å². The third-order valence-corrected chi connectivity index (χ3v) is 6.64. The first-order valence-electron chi connectivity index (χ1n) is 10.2. The van der Waals surface area contributed by atoms with Gasteiger partial charge in [-0.05, 0) is 98.5 Å². The molecule has 1 fully saturated rings. The van der Waals surface area contributed by atoms with Gasteiger partial charge in [-0.1, -0.05) is 13.0 Å². The number of carbonyl (C=O) groups excluding carboxylic acids is 1. The van der Waals surface area contributed by atoms with E-state index < -0.39 is 0 Å². The summed E-state index contributed by atoms with van der Waals surface area (Å²) < 4.78 is 13.1. The van der Waals surface area contributed by atoms with Crippen molar-refractivity contribution in [3.05, 3.63) is 64.3 Å². The lowest BCUT2D eigenvalue weighted by Gasteiger charge is -2.47. The fraction of sp³-hybridized carbons (Fsp3) is 0.333. The molecular formula is C24H26FN3OS. The number of nitrogens with zero attached hydrogens (tertiary/aromatic N) is 2. The van der Waals surface area contributed by atoms with Crippen LogP contribution >= 0.6 is 11.8 Å². The molecular weight excluding hydrogens is 397 g/mol. The van der Waals surface area contributed by atoms with Gasteiger partial charge in [0.25, 0.3) is 5.91 Å². The zero-order valence-electron chi connectivity index (χ0n) is 17.7. The van der Waals surface area contributed by atoms with Gasteiger partial charge >= 0.3 is 0 Å². The molecule has 0 unspecified atom stereocenters. The van der Waals surface area contributed by atoms with E-state index in [4.69, 9.17) is 0 Å². The van der Waals surface area contributed by atoms with Gasteiger partial charge in [-0.15, -0.1) is 0 Å². The highest BCUT2D eigenvalue weighted by molar-refractivity contribution is 8.18. The van der Waals surface area contributed by atoms with Crippen LogP contribution in [0.1, 0.15) is 51.2 Å². The van der Waals surface area contributed by atoms with Crippen LogP contribution in [0.5, 0.6) is 0 Å². The van der Waals surface area contributed by atoms with Crippen molar-refractivity contribution in [2.75, 3.05) is 11.4 Å². The standard InChI is InChI=1S/C24H26FN3OS/c1-5-28-20-11-6-16(12-19(20)15(2)14-24(28,3)4)13-21-22(29)27-23(30-21)26-18-9-7-17(25)8-10-18/h6-13,15H,5,14H2,1-4H3,(H,26,27,29)/b21-13-/t15-/m1/s1. The van der Waals surface area contributed by atoms with Crippen LogP contribution in [0, 0.1) is 5.82 Å². The zero-order chi connectivity index (χ0) is 21.5. The van der Waals surface area contributed by atoms with E-state index in [2.05, 4.69) is 61.1 Å². The Balaban J connectivity index is 1.60. The molecule has 1 N–H and O–H groups in total. The van der Waals surface area contributed by atoms with Crippen molar-refractivity contribution in [3.63, 3.8) is 0 Å². The molecule has 2 aromatic rings. The van der Waals surface area contributed by atoms with Crippen molar-refractivity contribution in [1.82, 2.24) is 5.32 Å². The molecule has 0 aromatic heterocycles. The number of hydrogen-bond acceptors (Lipinski definition) is 4. The average Bonchev–Trinajstić information content (AvgIpc) is 3.02. The minimum atomic E-state index is -0.311. The van der Waals surface area contributed by atoms with Crippen LogP contribution in [0.4, 0.5) is 15.8 Å². The van der Waals surface area contributed by atoms with Crippen LogP contribution in [0.15, 0.2) is 52.4 Å². The van der Waals surface area contributed by atoms with E-state index in [0.29, 0.717) is 21.7 Å². The number of aliphatic imine (C=N–C) groups is 1. The molecule has 1 atom stereocenters. The molecule has 2 aromatic carbocycles. The van der Waals surface area contributed by atoms with E-state index in [-0.39, 0.29) is 17.3 Å². The lowest BCUT2D eigenvalue weighted by Crippen LogP contribution is -2.48. The van der Waals surface area contributed by atoms with Crippen LogP contribution in [-0.4, -0.2) is 23.2 Å². The highest BCUT2D eigenvalue weighted by atomic mass is 32.2. The number of benzene rings is 2. The van der Waals surface area contributed by atoms with Gasteiger partial charge in [-0.3, -0.25) is 4.79 Å². The number of amides is 1. The largest absolute Gasteiger partial charge is 0.366 e. The van der Waals surface area contributed by atoms with Crippen molar-refractivity contribution in [1.29, 1.82) is 0 Å². The van der Waals surface area contributed by atoms with E-state index in [1.165, 1.54) is 35.1 Å². The number of nitrogens with one attached hydrogen (secondary N) is 1. The topological polar surface area (TPSA) is 44.7 Å². The number of halogens is 1. The highest BCUT2D eigenvalue weighted by Gasteiger charge is 2.35. The Hall–Kier alpha value is -2.60. The molecule has 30 heavy (non-hydrogen) atoms. The van der Waals surface area contributed by atoms with Gasteiger partial charge in [0, 0.05) is 17.8 Å². The minimum absolute atomic E-state index is 0.133. The van der Waals surface area contributed by atoms with E-state index in [1.54, 1.807) is 12.1 Å². The highest BCUT2D eigenvalue weighted by Crippen LogP contribution is 2.43. The van der Waals surface area contributed by atoms with Crippen LogP contribution in [0.25, 0.3) is 6.08 Å². The number of carbonyl (C=O) groups is 1.